The summed E-state index contributed by atoms with van der Waals surface area (Å²) >= 11 is 0. The average molecular weight is 272 g/mol. The van der Waals surface area contributed by atoms with Crippen LogP contribution in [-0.2, 0) is 9.59 Å². The minimum Gasteiger partial charge on any atom is -0.481 e. The number of rotatable bonds is 3. The quantitative estimate of drug-likeness (QED) is 0.883. The fourth-order valence-corrected chi connectivity index (χ4v) is 2.62. The first-order valence-electron chi connectivity index (χ1n) is 6.57. The van der Waals surface area contributed by atoms with Crippen molar-refractivity contribution in [1.82, 2.24) is 0 Å². The Kier molecular flexibility index (Phi) is 4.04. The van der Waals surface area contributed by atoms with Crippen molar-refractivity contribution in [3.05, 3.63) is 29.3 Å². The summed E-state index contributed by atoms with van der Waals surface area (Å²) in [5, 5.41) is 20.7. The minimum absolute atomic E-state index is 0.270. The third-order valence-corrected chi connectivity index (χ3v) is 3.79. The minimum atomic E-state index is -0.912. The Balaban J connectivity index is 2.16. The molecule has 5 nitrogen and oxygen atoms in total. The summed E-state index contributed by atoms with van der Waals surface area (Å²) in [5.41, 5.74) is 1.89. The molecule has 0 heterocycles. The Morgan fingerprint density at radius 2 is 2.05 bits per heavy atom. The van der Waals surface area contributed by atoms with Gasteiger partial charge in [0.05, 0.1) is 23.5 Å². The van der Waals surface area contributed by atoms with Gasteiger partial charge in [-0.05, 0) is 37.5 Å². The lowest BCUT2D eigenvalue weighted by molar-refractivity contribution is -0.145. The number of benzene rings is 1. The van der Waals surface area contributed by atoms with Gasteiger partial charge >= 0.3 is 5.97 Å². The van der Waals surface area contributed by atoms with Crippen molar-refractivity contribution in [2.75, 3.05) is 5.32 Å². The summed E-state index contributed by atoms with van der Waals surface area (Å²) in [6, 6.07) is 7.07. The molecule has 1 amide bonds. The van der Waals surface area contributed by atoms with E-state index in [1.165, 1.54) is 0 Å². The maximum atomic E-state index is 12.2. The molecule has 1 fully saturated rings. The SMILES string of the molecule is Cc1ccc(C#N)cc1NC(=O)C1CCCC1C(=O)O. The second-order valence-corrected chi connectivity index (χ2v) is 5.11. The zero-order valence-corrected chi connectivity index (χ0v) is 11.2. The Hall–Kier alpha value is -2.35. The highest BCUT2D eigenvalue weighted by Crippen LogP contribution is 2.33. The molecule has 2 unspecified atom stereocenters. The number of aryl methyl sites for hydroxylation is 1. The van der Waals surface area contributed by atoms with Gasteiger partial charge in [-0.25, -0.2) is 0 Å². The van der Waals surface area contributed by atoms with Crippen LogP contribution >= 0.6 is 0 Å². The normalized spacial score (nSPS) is 21.2. The van der Waals surface area contributed by atoms with Crippen LogP contribution in [0.3, 0.4) is 0 Å². The fourth-order valence-electron chi connectivity index (χ4n) is 2.62. The molecule has 1 aliphatic carbocycles. The molecule has 0 saturated heterocycles. The molecule has 20 heavy (non-hydrogen) atoms. The van der Waals surface area contributed by atoms with Crippen molar-refractivity contribution in [1.29, 1.82) is 5.26 Å². The van der Waals surface area contributed by atoms with Gasteiger partial charge in [-0.3, -0.25) is 9.59 Å². The zero-order chi connectivity index (χ0) is 14.7. The Morgan fingerprint density at radius 3 is 2.70 bits per heavy atom. The van der Waals surface area contributed by atoms with E-state index in [0.29, 0.717) is 24.1 Å². The van der Waals surface area contributed by atoms with Crippen LogP contribution in [0, 0.1) is 30.1 Å². The molecule has 0 aliphatic heterocycles. The number of carboxylic acid groups (broad SMARTS) is 1. The first kappa shape index (κ1) is 14.1. The highest BCUT2D eigenvalue weighted by Gasteiger charge is 2.37. The van der Waals surface area contributed by atoms with E-state index in [9.17, 15) is 9.59 Å². The van der Waals surface area contributed by atoms with Crippen molar-refractivity contribution < 1.29 is 14.7 Å². The fraction of sp³-hybridized carbons (Fsp3) is 0.400. The number of aliphatic carboxylic acids is 1. The first-order valence-corrected chi connectivity index (χ1v) is 6.57. The molecule has 2 atom stereocenters. The predicted octanol–water partition coefficient (Wildman–Crippen LogP) is 2.31. The summed E-state index contributed by atoms with van der Waals surface area (Å²) in [4.78, 5) is 23.3. The summed E-state index contributed by atoms with van der Waals surface area (Å²) in [6.07, 6.45) is 1.90. The lowest BCUT2D eigenvalue weighted by Crippen LogP contribution is -2.30. The number of nitriles is 1. The number of nitrogens with one attached hydrogen (secondary N) is 1. The maximum Gasteiger partial charge on any atom is 0.307 e. The molecule has 5 heteroatoms. The van der Waals surface area contributed by atoms with Crippen LogP contribution < -0.4 is 5.32 Å². The molecule has 0 aromatic heterocycles. The van der Waals surface area contributed by atoms with Gasteiger partial charge in [-0.1, -0.05) is 12.5 Å². The molecule has 0 bridgehead atoms. The van der Waals surface area contributed by atoms with Crippen LogP contribution in [-0.4, -0.2) is 17.0 Å². The molecule has 1 saturated carbocycles. The number of amides is 1. The monoisotopic (exact) mass is 272 g/mol. The van der Waals surface area contributed by atoms with E-state index < -0.39 is 17.8 Å². The van der Waals surface area contributed by atoms with Crippen LogP contribution in [0.1, 0.15) is 30.4 Å². The predicted molar refractivity (Wildman–Crippen MR) is 73.0 cm³/mol. The van der Waals surface area contributed by atoms with Crippen LogP contribution in [0.25, 0.3) is 0 Å². The molecule has 2 rings (SSSR count). The molecule has 1 aromatic rings. The molecule has 1 aliphatic rings. The second-order valence-electron chi connectivity index (χ2n) is 5.11. The van der Waals surface area contributed by atoms with Gasteiger partial charge < -0.3 is 10.4 Å². The Labute approximate surface area is 117 Å². The largest absolute Gasteiger partial charge is 0.481 e. The van der Waals surface area contributed by atoms with Crippen molar-refractivity contribution in [3.63, 3.8) is 0 Å². The first-order chi connectivity index (χ1) is 9.52. The molecule has 2 N–H and O–H groups in total. The highest BCUT2D eigenvalue weighted by molar-refractivity contribution is 5.96. The van der Waals surface area contributed by atoms with Gasteiger partial charge in [0.15, 0.2) is 0 Å². The number of carbonyl (C=O) groups is 2. The molecule has 104 valence electrons. The van der Waals surface area contributed by atoms with E-state index in [0.717, 1.165) is 12.0 Å². The Bertz CT molecular complexity index is 589. The number of hydrogen-bond donors (Lipinski definition) is 2. The van der Waals surface area contributed by atoms with Crippen molar-refractivity contribution >= 4 is 17.6 Å². The number of hydrogen-bond acceptors (Lipinski definition) is 3. The standard InChI is InChI=1S/C15H16N2O3/c1-9-5-6-10(8-16)7-13(9)17-14(18)11-3-2-4-12(11)15(19)20/h5-7,11-12H,2-4H2,1H3,(H,17,18)(H,19,20). The van der Waals surface area contributed by atoms with Crippen LogP contribution in [0.15, 0.2) is 18.2 Å². The lowest BCUT2D eigenvalue weighted by atomic mass is 9.95. The van der Waals surface area contributed by atoms with Gasteiger partial charge in [0.1, 0.15) is 0 Å². The number of carbonyl (C=O) groups excluding carboxylic acids is 1. The van der Waals surface area contributed by atoms with Gasteiger partial charge in [-0.15, -0.1) is 0 Å². The van der Waals surface area contributed by atoms with Crippen molar-refractivity contribution in [3.8, 4) is 6.07 Å². The summed E-state index contributed by atoms with van der Waals surface area (Å²) in [5.74, 6) is -2.27. The van der Waals surface area contributed by atoms with Crippen LogP contribution in [0.2, 0.25) is 0 Å². The highest BCUT2D eigenvalue weighted by atomic mass is 16.4. The van der Waals surface area contributed by atoms with Gasteiger partial charge in [-0.2, -0.15) is 5.26 Å². The van der Waals surface area contributed by atoms with Crippen molar-refractivity contribution in [2.24, 2.45) is 11.8 Å². The van der Waals surface area contributed by atoms with Crippen molar-refractivity contribution in [2.45, 2.75) is 26.2 Å². The van der Waals surface area contributed by atoms with Crippen LogP contribution in [0.5, 0.6) is 0 Å². The third-order valence-electron chi connectivity index (χ3n) is 3.79. The van der Waals surface area contributed by atoms with E-state index in [1.54, 1.807) is 18.2 Å². The third kappa shape index (κ3) is 2.80. The zero-order valence-electron chi connectivity index (χ0n) is 11.2. The number of nitrogens with zero attached hydrogens (tertiary/aromatic N) is 1. The molecule has 0 spiro atoms. The van der Waals surface area contributed by atoms with Gasteiger partial charge in [0.25, 0.3) is 0 Å². The lowest BCUT2D eigenvalue weighted by Gasteiger charge is -2.16. The molecular weight excluding hydrogens is 256 g/mol. The van der Waals surface area contributed by atoms with E-state index in [4.69, 9.17) is 10.4 Å². The number of anilines is 1. The van der Waals surface area contributed by atoms with E-state index in [-0.39, 0.29) is 5.91 Å². The van der Waals surface area contributed by atoms with Gasteiger partial charge in [0, 0.05) is 5.69 Å². The van der Waals surface area contributed by atoms with E-state index in [1.807, 2.05) is 13.0 Å². The smallest absolute Gasteiger partial charge is 0.307 e. The van der Waals surface area contributed by atoms with E-state index >= 15 is 0 Å². The molecular formula is C15H16N2O3. The Morgan fingerprint density at radius 1 is 1.35 bits per heavy atom. The van der Waals surface area contributed by atoms with Crippen LogP contribution in [0.4, 0.5) is 5.69 Å². The summed E-state index contributed by atoms with van der Waals surface area (Å²) in [7, 11) is 0. The second kappa shape index (κ2) is 5.74. The average Bonchev–Trinajstić information content (AvgIpc) is 2.90. The van der Waals surface area contributed by atoms with Gasteiger partial charge in [0.2, 0.25) is 5.91 Å². The topological polar surface area (TPSA) is 90.2 Å². The van der Waals surface area contributed by atoms with E-state index in [2.05, 4.69) is 5.32 Å². The number of carboxylic acids is 1. The molecule has 1 aromatic carbocycles. The molecule has 0 radical (unpaired) electrons. The summed E-state index contributed by atoms with van der Waals surface area (Å²) < 4.78 is 0. The summed E-state index contributed by atoms with van der Waals surface area (Å²) in [6.45, 7) is 1.83. The maximum absolute atomic E-state index is 12.2.